The number of nitrogens with one attached hydrogen (secondary N) is 1. The Kier molecular flexibility index (Phi) is 3.57. The van der Waals surface area contributed by atoms with Crippen molar-refractivity contribution in [2.24, 2.45) is 0 Å². The van der Waals surface area contributed by atoms with E-state index >= 15 is 0 Å². The molecule has 0 aliphatic carbocycles. The molecule has 1 aromatic rings. The van der Waals surface area contributed by atoms with Crippen LogP contribution < -0.4 is 10.1 Å². The minimum atomic E-state index is -0.00289. The molecule has 3 heteroatoms. The van der Waals surface area contributed by atoms with Crippen LogP contribution in [0.3, 0.4) is 0 Å². The highest BCUT2D eigenvalue weighted by Gasteiger charge is 2.23. The lowest BCUT2D eigenvalue weighted by Crippen LogP contribution is -2.30. The van der Waals surface area contributed by atoms with Crippen LogP contribution in [-0.2, 0) is 0 Å². The molecule has 0 amide bonds. The van der Waals surface area contributed by atoms with Gasteiger partial charge < -0.3 is 10.1 Å². The van der Waals surface area contributed by atoms with Crippen LogP contribution in [0.1, 0.15) is 30.1 Å². The predicted molar refractivity (Wildman–Crippen MR) is 63.0 cm³/mol. The van der Waals surface area contributed by atoms with Crippen LogP contribution >= 0.6 is 0 Å². The summed E-state index contributed by atoms with van der Waals surface area (Å²) in [5.41, 5.74) is 0.741. The van der Waals surface area contributed by atoms with E-state index in [0.717, 1.165) is 30.7 Å². The van der Waals surface area contributed by atoms with Gasteiger partial charge in [0.05, 0.1) is 12.6 Å². The second kappa shape index (κ2) is 5.12. The number of ether oxygens (including phenoxy) is 1. The van der Waals surface area contributed by atoms with E-state index in [4.69, 9.17) is 4.74 Å². The van der Waals surface area contributed by atoms with E-state index < -0.39 is 0 Å². The number of Topliss-reactive ketones (excluding diaryl/α,β-unsaturated/α-hetero) is 1. The van der Waals surface area contributed by atoms with Gasteiger partial charge in [0, 0.05) is 5.56 Å². The van der Waals surface area contributed by atoms with Gasteiger partial charge in [-0.2, -0.15) is 0 Å². The molecule has 0 aromatic heterocycles. The molecule has 1 aliphatic rings. The van der Waals surface area contributed by atoms with Crippen LogP contribution in [0.15, 0.2) is 24.3 Å². The van der Waals surface area contributed by atoms with Gasteiger partial charge in [-0.1, -0.05) is 12.1 Å². The van der Waals surface area contributed by atoms with Gasteiger partial charge in [0.25, 0.3) is 0 Å². The van der Waals surface area contributed by atoms with Gasteiger partial charge in [0.2, 0.25) is 0 Å². The van der Waals surface area contributed by atoms with Gasteiger partial charge >= 0.3 is 0 Å². The summed E-state index contributed by atoms with van der Waals surface area (Å²) >= 11 is 0. The number of hydrogen-bond acceptors (Lipinski definition) is 3. The molecule has 1 atom stereocenters. The maximum Gasteiger partial charge on any atom is 0.179 e. The summed E-state index contributed by atoms with van der Waals surface area (Å²) < 4.78 is 5.39. The van der Waals surface area contributed by atoms with Gasteiger partial charge in [-0.25, -0.2) is 0 Å². The number of carbonyl (C=O) groups excluding carboxylic acids is 1. The molecule has 3 nitrogen and oxygen atoms in total. The molecule has 1 unspecified atom stereocenters. The quantitative estimate of drug-likeness (QED) is 0.787. The standard InChI is InChI=1S/C13H17NO2/c1-2-16-11-6-3-5-10(9-11)13(15)12-7-4-8-14-12/h3,5-6,9,12,14H,2,4,7-8H2,1H3. The predicted octanol–water partition coefficient (Wildman–Crippen LogP) is 2.02. The third-order valence-corrected chi connectivity index (χ3v) is 2.81. The van der Waals surface area contributed by atoms with Crippen molar-refractivity contribution in [2.75, 3.05) is 13.2 Å². The first-order chi connectivity index (χ1) is 7.81. The van der Waals surface area contributed by atoms with Crippen LogP contribution in [-0.4, -0.2) is 25.0 Å². The zero-order valence-corrected chi connectivity index (χ0v) is 9.53. The van der Waals surface area contributed by atoms with Crippen molar-refractivity contribution in [3.63, 3.8) is 0 Å². The maximum atomic E-state index is 12.1. The van der Waals surface area contributed by atoms with Gasteiger partial charge in [-0.15, -0.1) is 0 Å². The Hall–Kier alpha value is -1.35. The molecular formula is C13H17NO2. The molecule has 0 radical (unpaired) electrons. The first kappa shape index (κ1) is 11.1. The molecule has 0 spiro atoms. The maximum absolute atomic E-state index is 12.1. The van der Waals surface area contributed by atoms with Crippen molar-refractivity contribution in [1.29, 1.82) is 0 Å². The number of hydrogen-bond donors (Lipinski definition) is 1. The third-order valence-electron chi connectivity index (χ3n) is 2.81. The Bertz CT molecular complexity index is 370. The van der Waals surface area contributed by atoms with Crippen molar-refractivity contribution < 1.29 is 9.53 Å². The summed E-state index contributed by atoms with van der Waals surface area (Å²) in [7, 11) is 0. The number of rotatable bonds is 4. The molecule has 1 aliphatic heterocycles. The zero-order valence-electron chi connectivity index (χ0n) is 9.53. The molecular weight excluding hydrogens is 202 g/mol. The average Bonchev–Trinajstić information content (AvgIpc) is 2.82. The third kappa shape index (κ3) is 2.42. The van der Waals surface area contributed by atoms with Gasteiger partial charge in [0.15, 0.2) is 5.78 Å². The zero-order chi connectivity index (χ0) is 11.4. The molecule has 1 aromatic carbocycles. The van der Waals surface area contributed by atoms with Crippen LogP contribution in [0.2, 0.25) is 0 Å². The van der Waals surface area contributed by atoms with Crippen molar-refractivity contribution in [2.45, 2.75) is 25.8 Å². The Morgan fingerprint density at radius 3 is 3.12 bits per heavy atom. The SMILES string of the molecule is CCOc1cccc(C(=O)C2CCCN2)c1. The van der Waals surface area contributed by atoms with Crippen LogP contribution in [0.4, 0.5) is 0 Å². The highest BCUT2D eigenvalue weighted by Crippen LogP contribution is 2.17. The van der Waals surface area contributed by atoms with E-state index in [-0.39, 0.29) is 11.8 Å². The van der Waals surface area contributed by atoms with E-state index in [1.54, 1.807) is 0 Å². The second-order valence-corrected chi connectivity index (χ2v) is 3.97. The molecule has 16 heavy (non-hydrogen) atoms. The second-order valence-electron chi connectivity index (χ2n) is 3.97. The van der Waals surface area contributed by atoms with Crippen molar-refractivity contribution in [1.82, 2.24) is 5.32 Å². The lowest BCUT2D eigenvalue weighted by molar-refractivity contribution is 0.0952. The normalized spacial score (nSPS) is 19.7. The molecule has 1 N–H and O–H groups in total. The van der Waals surface area contributed by atoms with Crippen molar-refractivity contribution in [3.05, 3.63) is 29.8 Å². The molecule has 1 heterocycles. The lowest BCUT2D eigenvalue weighted by Gasteiger charge is -2.10. The highest BCUT2D eigenvalue weighted by molar-refractivity contribution is 6.00. The Labute approximate surface area is 95.8 Å². The highest BCUT2D eigenvalue weighted by atomic mass is 16.5. The topological polar surface area (TPSA) is 38.3 Å². The van der Waals surface area contributed by atoms with E-state index in [0.29, 0.717) is 6.61 Å². The minimum absolute atomic E-state index is 0.00289. The fraction of sp³-hybridized carbons (Fsp3) is 0.462. The summed E-state index contributed by atoms with van der Waals surface area (Å²) in [5, 5.41) is 3.22. The van der Waals surface area contributed by atoms with Gasteiger partial charge in [-0.3, -0.25) is 4.79 Å². The van der Waals surface area contributed by atoms with E-state index in [1.807, 2.05) is 31.2 Å². The number of benzene rings is 1. The van der Waals surface area contributed by atoms with Crippen LogP contribution in [0.25, 0.3) is 0 Å². The molecule has 0 saturated carbocycles. The molecule has 2 rings (SSSR count). The fourth-order valence-corrected chi connectivity index (χ4v) is 2.02. The summed E-state index contributed by atoms with van der Waals surface area (Å²) in [4.78, 5) is 12.1. The fourth-order valence-electron chi connectivity index (χ4n) is 2.02. The van der Waals surface area contributed by atoms with Crippen LogP contribution in [0, 0.1) is 0 Å². The van der Waals surface area contributed by atoms with E-state index in [9.17, 15) is 4.79 Å². The number of carbonyl (C=O) groups is 1. The van der Waals surface area contributed by atoms with Gasteiger partial charge in [0.1, 0.15) is 5.75 Å². The molecule has 0 bridgehead atoms. The Balaban J connectivity index is 2.12. The Morgan fingerprint density at radius 2 is 2.44 bits per heavy atom. The van der Waals surface area contributed by atoms with E-state index in [2.05, 4.69) is 5.32 Å². The smallest absolute Gasteiger partial charge is 0.179 e. The molecule has 1 saturated heterocycles. The molecule has 1 fully saturated rings. The van der Waals surface area contributed by atoms with Gasteiger partial charge in [-0.05, 0) is 38.4 Å². The summed E-state index contributed by atoms with van der Waals surface area (Å²) in [6.45, 7) is 3.51. The first-order valence-corrected chi connectivity index (χ1v) is 5.81. The van der Waals surface area contributed by atoms with Crippen molar-refractivity contribution in [3.8, 4) is 5.75 Å². The summed E-state index contributed by atoms with van der Waals surface area (Å²) in [6.07, 6.45) is 2.03. The summed E-state index contributed by atoms with van der Waals surface area (Å²) in [5.74, 6) is 0.949. The Morgan fingerprint density at radius 1 is 1.56 bits per heavy atom. The monoisotopic (exact) mass is 219 g/mol. The largest absolute Gasteiger partial charge is 0.494 e. The lowest BCUT2D eigenvalue weighted by atomic mass is 10.0. The van der Waals surface area contributed by atoms with E-state index in [1.165, 1.54) is 0 Å². The number of ketones is 1. The van der Waals surface area contributed by atoms with Crippen molar-refractivity contribution >= 4 is 5.78 Å². The van der Waals surface area contributed by atoms with Crippen LogP contribution in [0.5, 0.6) is 5.75 Å². The minimum Gasteiger partial charge on any atom is -0.494 e. The molecule has 86 valence electrons. The average molecular weight is 219 g/mol. The first-order valence-electron chi connectivity index (χ1n) is 5.81. The summed E-state index contributed by atoms with van der Waals surface area (Å²) in [6, 6.07) is 7.42.